The largest absolute Gasteiger partial charge is 0.481 e. The Labute approximate surface area is 154 Å². The molecule has 0 aliphatic heterocycles. The van der Waals surface area contributed by atoms with Gasteiger partial charge in [0.1, 0.15) is 0 Å². The van der Waals surface area contributed by atoms with Gasteiger partial charge in [0.05, 0.1) is 11.1 Å². The topological polar surface area (TPSA) is 112 Å². The summed E-state index contributed by atoms with van der Waals surface area (Å²) in [7, 11) is 0. The molecular weight excluding hydrogens is 336 g/mol. The van der Waals surface area contributed by atoms with Crippen LogP contribution in [-0.4, -0.2) is 33.2 Å². The Morgan fingerprint density at radius 1 is 0.731 bits per heavy atom. The molecule has 1 rings (SSSR count). The van der Waals surface area contributed by atoms with Crippen LogP contribution in [0.1, 0.15) is 91.8 Å². The standard InChI is InChI=1S/C12H24O2.C8H6O4/c1-2-3-4-5-6-7-8-9-10-11-12(13)14;9-7(10)5-2-1-3-6(4-5)8(11)12/h2-11H2,1H3,(H,13,14);1-4H,(H,9,10)(H,11,12). The molecule has 0 aliphatic carbocycles. The van der Waals surface area contributed by atoms with Gasteiger partial charge >= 0.3 is 17.9 Å². The fourth-order valence-corrected chi connectivity index (χ4v) is 2.37. The minimum atomic E-state index is -1.13. The number of aliphatic carboxylic acids is 1. The van der Waals surface area contributed by atoms with E-state index >= 15 is 0 Å². The van der Waals surface area contributed by atoms with Gasteiger partial charge < -0.3 is 15.3 Å². The lowest BCUT2D eigenvalue weighted by molar-refractivity contribution is -0.137. The Hall–Kier alpha value is -2.37. The maximum absolute atomic E-state index is 10.4. The van der Waals surface area contributed by atoms with E-state index in [1.165, 1.54) is 63.1 Å². The molecule has 6 nitrogen and oxygen atoms in total. The van der Waals surface area contributed by atoms with Crippen LogP contribution in [0.25, 0.3) is 0 Å². The van der Waals surface area contributed by atoms with Crippen LogP contribution in [0.4, 0.5) is 0 Å². The Kier molecular flexibility index (Phi) is 13.6. The van der Waals surface area contributed by atoms with Gasteiger partial charge in [-0.15, -0.1) is 0 Å². The van der Waals surface area contributed by atoms with Crippen LogP contribution in [0.2, 0.25) is 0 Å². The lowest BCUT2D eigenvalue weighted by atomic mass is 10.1. The monoisotopic (exact) mass is 366 g/mol. The van der Waals surface area contributed by atoms with Gasteiger partial charge in [0, 0.05) is 6.42 Å². The van der Waals surface area contributed by atoms with Gasteiger partial charge in [0.15, 0.2) is 0 Å². The first-order chi connectivity index (χ1) is 12.4. The Morgan fingerprint density at radius 2 is 1.15 bits per heavy atom. The molecule has 0 aromatic heterocycles. The van der Waals surface area contributed by atoms with Crippen molar-refractivity contribution in [2.75, 3.05) is 0 Å². The van der Waals surface area contributed by atoms with E-state index < -0.39 is 17.9 Å². The Morgan fingerprint density at radius 3 is 1.54 bits per heavy atom. The second kappa shape index (κ2) is 14.9. The quantitative estimate of drug-likeness (QED) is 0.445. The molecule has 0 spiro atoms. The maximum Gasteiger partial charge on any atom is 0.335 e. The van der Waals surface area contributed by atoms with Crippen molar-refractivity contribution in [1.82, 2.24) is 0 Å². The van der Waals surface area contributed by atoms with E-state index in [1.54, 1.807) is 0 Å². The molecule has 0 bridgehead atoms. The summed E-state index contributed by atoms with van der Waals surface area (Å²) in [5.74, 6) is -2.91. The third-order valence-corrected chi connectivity index (χ3v) is 3.85. The highest BCUT2D eigenvalue weighted by molar-refractivity contribution is 5.93. The normalized spacial score (nSPS) is 9.88. The van der Waals surface area contributed by atoms with E-state index in [0.717, 1.165) is 18.9 Å². The minimum Gasteiger partial charge on any atom is -0.481 e. The molecule has 0 aliphatic rings. The smallest absolute Gasteiger partial charge is 0.335 e. The van der Waals surface area contributed by atoms with Crippen molar-refractivity contribution < 1.29 is 29.7 Å². The van der Waals surface area contributed by atoms with Crippen molar-refractivity contribution >= 4 is 17.9 Å². The number of hydrogen-bond acceptors (Lipinski definition) is 3. The number of benzene rings is 1. The van der Waals surface area contributed by atoms with Gasteiger partial charge in [0.25, 0.3) is 0 Å². The molecule has 0 unspecified atom stereocenters. The molecule has 3 N–H and O–H groups in total. The summed E-state index contributed by atoms with van der Waals surface area (Å²) < 4.78 is 0. The van der Waals surface area contributed by atoms with Gasteiger partial charge in [-0.25, -0.2) is 9.59 Å². The number of carboxylic acids is 3. The summed E-state index contributed by atoms with van der Waals surface area (Å²) in [6, 6.07) is 5.20. The summed E-state index contributed by atoms with van der Waals surface area (Å²) in [6.45, 7) is 2.23. The average molecular weight is 366 g/mol. The lowest BCUT2D eigenvalue weighted by Crippen LogP contribution is -2.01. The van der Waals surface area contributed by atoms with Crippen molar-refractivity contribution in [2.45, 2.75) is 71.1 Å². The molecule has 6 heteroatoms. The first kappa shape index (κ1) is 23.6. The zero-order valence-corrected chi connectivity index (χ0v) is 15.4. The molecule has 146 valence electrons. The Bertz CT molecular complexity index is 524. The lowest BCUT2D eigenvalue weighted by Gasteiger charge is -2.00. The number of aromatic carboxylic acids is 2. The van der Waals surface area contributed by atoms with Crippen molar-refractivity contribution in [3.8, 4) is 0 Å². The molecule has 0 amide bonds. The number of carbonyl (C=O) groups is 3. The molecular formula is C20H30O6. The van der Waals surface area contributed by atoms with E-state index in [1.807, 2.05) is 0 Å². The molecule has 0 saturated carbocycles. The van der Waals surface area contributed by atoms with Crippen LogP contribution in [0.3, 0.4) is 0 Å². The van der Waals surface area contributed by atoms with Crippen molar-refractivity contribution in [1.29, 1.82) is 0 Å². The summed E-state index contributed by atoms with van der Waals surface area (Å²) in [6.07, 6.45) is 11.5. The van der Waals surface area contributed by atoms with Gasteiger partial charge in [0.2, 0.25) is 0 Å². The SMILES string of the molecule is CCCCCCCCCCCC(=O)O.O=C(O)c1cccc(C(=O)O)c1. The summed E-state index contributed by atoms with van der Waals surface area (Å²) in [5.41, 5.74) is -0.0372. The van der Waals surface area contributed by atoms with Crippen LogP contribution in [0, 0.1) is 0 Å². The molecule has 0 fully saturated rings. The van der Waals surface area contributed by atoms with E-state index in [9.17, 15) is 14.4 Å². The van der Waals surface area contributed by atoms with Gasteiger partial charge in [-0.2, -0.15) is 0 Å². The summed E-state index contributed by atoms with van der Waals surface area (Å²) in [4.78, 5) is 31.0. The second-order valence-corrected chi connectivity index (χ2v) is 6.16. The first-order valence-electron chi connectivity index (χ1n) is 9.17. The van der Waals surface area contributed by atoms with Crippen LogP contribution in [0.5, 0.6) is 0 Å². The van der Waals surface area contributed by atoms with E-state index in [2.05, 4.69) is 6.92 Å². The van der Waals surface area contributed by atoms with Gasteiger partial charge in [-0.05, 0) is 24.6 Å². The number of hydrogen-bond donors (Lipinski definition) is 3. The zero-order valence-electron chi connectivity index (χ0n) is 15.4. The second-order valence-electron chi connectivity index (χ2n) is 6.16. The highest BCUT2D eigenvalue weighted by Gasteiger charge is 2.06. The number of unbranched alkanes of at least 4 members (excludes halogenated alkanes) is 8. The third kappa shape index (κ3) is 13.0. The fourth-order valence-electron chi connectivity index (χ4n) is 2.37. The maximum atomic E-state index is 10.4. The molecule has 0 radical (unpaired) electrons. The van der Waals surface area contributed by atoms with Crippen molar-refractivity contribution in [2.24, 2.45) is 0 Å². The molecule has 0 saturated heterocycles. The average Bonchev–Trinajstić information content (AvgIpc) is 2.60. The molecule has 1 aromatic rings. The third-order valence-electron chi connectivity index (χ3n) is 3.85. The van der Waals surface area contributed by atoms with E-state index in [0.29, 0.717) is 6.42 Å². The predicted octanol–water partition coefficient (Wildman–Crippen LogP) is 5.07. The predicted molar refractivity (Wildman–Crippen MR) is 99.8 cm³/mol. The number of carboxylic acid groups (broad SMARTS) is 3. The number of rotatable bonds is 12. The molecule has 26 heavy (non-hydrogen) atoms. The minimum absolute atomic E-state index is 0.0186. The zero-order chi connectivity index (χ0) is 19.8. The van der Waals surface area contributed by atoms with Crippen molar-refractivity contribution in [3.63, 3.8) is 0 Å². The Balaban J connectivity index is 0.000000485. The van der Waals surface area contributed by atoms with Crippen LogP contribution >= 0.6 is 0 Å². The van der Waals surface area contributed by atoms with E-state index in [-0.39, 0.29) is 11.1 Å². The summed E-state index contributed by atoms with van der Waals surface area (Å²) >= 11 is 0. The highest BCUT2D eigenvalue weighted by Crippen LogP contribution is 2.10. The van der Waals surface area contributed by atoms with E-state index in [4.69, 9.17) is 15.3 Å². The first-order valence-corrected chi connectivity index (χ1v) is 9.17. The molecule has 0 heterocycles. The van der Waals surface area contributed by atoms with Crippen LogP contribution in [0.15, 0.2) is 24.3 Å². The van der Waals surface area contributed by atoms with Gasteiger partial charge in [-0.3, -0.25) is 4.79 Å². The van der Waals surface area contributed by atoms with Crippen LogP contribution < -0.4 is 0 Å². The fraction of sp³-hybridized carbons (Fsp3) is 0.550. The molecule has 1 aromatic carbocycles. The summed E-state index contributed by atoms with van der Waals surface area (Å²) in [5, 5.41) is 25.4. The van der Waals surface area contributed by atoms with Crippen LogP contribution in [-0.2, 0) is 4.79 Å². The van der Waals surface area contributed by atoms with Crippen molar-refractivity contribution in [3.05, 3.63) is 35.4 Å². The highest BCUT2D eigenvalue weighted by atomic mass is 16.4. The van der Waals surface area contributed by atoms with Gasteiger partial charge in [-0.1, -0.05) is 64.4 Å². The molecule has 0 atom stereocenters.